The molecule has 0 radical (unpaired) electrons. The average Bonchev–Trinajstić information content (AvgIpc) is 3.19. The van der Waals surface area contributed by atoms with E-state index in [1.165, 1.54) is 78.5 Å². The van der Waals surface area contributed by atoms with Gasteiger partial charge in [-0.05, 0) is 83.1 Å². The third-order valence-electron chi connectivity index (χ3n) is 9.00. The Morgan fingerprint density at radius 1 is 0.375 bits per heavy atom. The van der Waals surface area contributed by atoms with Gasteiger partial charge in [-0.1, -0.05) is 0 Å². The smallest absolute Gasteiger partial charge is 0.741 e. The third kappa shape index (κ3) is 29.4. The first-order valence-corrected chi connectivity index (χ1v) is 20.8. The molecule has 0 aliphatic carbocycles. The molecule has 0 amide bonds. The van der Waals surface area contributed by atoms with Crippen molar-refractivity contribution < 1.29 is 96.9 Å². The quantitative estimate of drug-likeness (QED) is 0.0959. The number of nitrogens with zero attached hydrogens (tertiary/aromatic N) is 6. The van der Waals surface area contributed by atoms with Crippen molar-refractivity contribution in [3.05, 3.63) is 0 Å². The molecule has 0 aromatic heterocycles. The summed E-state index contributed by atoms with van der Waals surface area (Å²) in [6.45, 7) is 42.3. The molecule has 0 aromatic carbocycles. The van der Waals surface area contributed by atoms with Gasteiger partial charge in [-0.15, -0.1) is 0 Å². The molecule has 2 aliphatic rings. The van der Waals surface area contributed by atoms with Gasteiger partial charge in [-0.3, -0.25) is 39.9 Å². The summed E-state index contributed by atoms with van der Waals surface area (Å²) in [6.07, 6.45) is 0. The fraction of sp³-hybridized carbons (Fsp3) is 1.00. The molecule has 2 aliphatic heterocycles. The second kappa shape index (κ2) is 31.0. The van der Waals surface area contributed by atoms with Crippen LogP contribution in [0.5, 0.6) is 0 Å². The first kappa shape index (κ1) is 65.2. The maximum atomic E-state index is 10.7. The van der Waals surface area contributed by atoms with Crippen LogP contribution in [0.15, 0.2) is 0 Å². The van der Waals surface area contributed by atoms with Crippen LogP contribution in [0.3, 0.4) is 0 Å². The molecule has 0 bridgehead atoms. The van der Waals surface area contributed by atoms with Crippen molar-refractivity contribution in [2.45, 2.75) is 130 Å². The molecule has 0 unspecified atom stereocenters. The number of hydrogen-bond acceptors (Lipinski definition) is 14. The minimum Gasteiger partial charge on any atom is -0.741 e. The Labute approximate surface area is 354 Å². The first-order valence-electron chi connectivity index (χ1n) is 18.0. The Kier molecular flexibility index (Phi) is 36.2. The van der Waals surface area contributed by atoms with Crippen molar-refractivity contribution in [2.75, 3.05) is 78.5 Å². The van der Waals surface area contributed by atoms with Crippen molar-refractivity contribution in [1.82, 2.24) is 29.4 Å². The second-order valence-corrected chi connectivity index (χ2v) is 17.3. The van der Waals surface area contributed by atoms with E-state index in [-0.39, 0.29) is 34.1 Å². The van der Waals surface area contributed by atoms with Crippen molar-refractivity contribution in [1.29, 1.82) is 0 Å². The summed E-state index contributed by atoms with van der Waals surface area (Å²) in [6, 6.07) is 3.95. The van der Waals surface area contributed by atoms with Crippen LogP contribution in [0.1, 0.15) is 83.1 Å². The van der Waals surface area contributed by atoms with Gasteiger partial charge in [0.05, 0.1) is 0 Å². The zero-order valence-corrected chi connectivity index (χ0v) is 38.2. The number of halogens is 6. The zero-order chi connectivity index (χ0) is 43.4. The van der Waals surface area contributed by atoms with E-state index in [4.69, 9.17) is 36.5 Å². The Morgan fingerprint density at radius 3 is 0.482 bits per heavy atom. The van der Waals surface area contributed by atoms with Crippen LogP contribution in [0, 0.1) is 0 Å². The molecule has 2 heterocycles. The molecule has 0 saturated carbocycles. The maximum Gasteiger partial charge on any atom is 1.00 e. The van der Waals surface area contributed by atoms with Gasteiger partial charge in [0.2, 0.25) is 0 Å². The standard InChI is InChI=1S/2C15H33N3.2CHF3O3S.2Cu.H2O2/c2*1-13(2)16-7-9-17(14(3)4)11-12-18(10-8-16)15(5)6;2*2-1(3,4)8(5,6)7;;;1-2/h2*13-15H,7-12H2,1-6H3;2*(H,5,6,7);;;1-2H/q;;;;2*+1;/p-2. The molecule has 0 atom stereocenters. The van der Waals surface area contributed by atoms with E-state index in [1.807, 2.05) is 0 Å². The summed E-state index contributed by atoms with van der Waals surface area (Å²) < 4.78 is 118. The van der Waals surface area contributed by atoms with E-state index in [9.17, 15) is 26.3 Å². The fourth-order valence-electron chi connectivity index (χ4n) is 5.31. The summed E-state index contributed by atoms with van der Waals surface area (Å²) in [7, 11) is -12.2. The SMILES string of the molecule is CC(C)N1CCN(C(C)C)CCN(C(C)C)CC1.CC(C)N1CCN(C(C)C)CCN(C(C)C)CC1.O=S(=O)([O-])C(F)(F)F.O=S(=O)([O-])C(F)(F)F.OO.[Cu+].[Cu+]. The zero-order valence-electron chi connectivity index (χ0n) is 34.7. The predicted molar refractivity (Wildman–Crippen MR) is 197 cm³/mol. The molecular formula is C32H68Cu2F6N6O8S2. The number of rotatable bonds is 6. The molecule has 2 rings (SSSR count). The molecule has 56 heavy (non-hydrogen) atoms. The maximum absolute atomic E-state index is 10.7. The van der Waals surface area contributed by atoms with Crippen LogP contribution in [0.2, 0.25) is 0 Å². The Bertz CT molecular complexity index is 1000. The summed E-state index contributed by atoms with van der Waals surface area (Å²) in [4.78, 5) is 15.7. The molecule has 0 spiro atoms. The monoisotopic (exact) mass is 968 g/mol. The van der Waals surface area contributed by atoms with Crippen molar-refractivity contribution in [3.63, 3.8) is 0 Å². The van der Waals surface area contributed by atoms with Gasteiger partial charge in [0.25, 0.3) is 0 Å². The number of hydrogen-bond donors (Lipinski definition) is 2. The van der Waals surface area contributed by atoms with Crippen LogP contribution < -0.4 is 0 Å². The Morgan fingerprint density at radius 2 is 0.446 bits per heavy atom. The van der Waals surface area contributed by atoms with Crippen LogP contribution >= 0.6 is 0 Å². The Hall–Kier alpha value is 0.119. The molecular weight excluding hydrogens is 902 g/mol. The molecule has 2 fully saturated rings. The van der Waals surface area contributed by atoms with Crippen LogP contribution in [0.4, 0.5) is 26.3 Å². The van der Waals surface area contributed by atoms with Crippen LogP contribution in [-0.2, 0) is 54.4 Å². The first-order chi connectivity index (χ1) is 24.3. The van der Waals surface area contributed by atoms with E-state index in [2.05, 4.69) is 112 Å². The molecule has 0 aromatic rings. The van der Waals surface area contributed by atoms with Gasteiger partial charge in [0.15, 0.2) is 20.2 Å². The summed E-state index contributed by atoms with van der Waals surface area (Å²) in [5.74, 6) is 0. The molecule has 350 valence electrons. The summed E-state index contributed by atoms with van der Waals surface area (Å²) >= 11 is 0. The molecule has 2 saturated heterocycles. The average molecular weight is 970 g/mol. The van der Waals surface area contributed by atoms with E-state index < -0.39 is 31.3 Å². The van der Waals surface area contributed by atoms with Crippen molar-refractivity contribution >= 4 is 20.2 Å². The molecule has 14 nitrogen and oxygen atoms in total. The van der Waals surface area contributed by atoms with Gasteiger partial charge in [0, 0.05) is 115 Å². The van der Waals surface area contributed by atoms with E-state index >= 15 is 0 Å². The summed E-state index contributed by atoms with van der Waals surface area (Å²) in [5, 5.41) is 12.0. The minimum atomic E-state index is -6.09. The van der Waals surface area contributed by atoms with E-state index in [1.54, 1.807) is 0 Å². The fourth-order valence-corrected chi connectivity index (χ4v) is 5.31. The van der Waals surface area contributed by atoms with Gasteiger partial charge >= 0.3 is 45.2 Å². The van der Waals surface area contributed by atoms with Crippen molar-refractivity contribution in [3.8, 4) is 0 Å². The van der Waals surface area contributed by atoms with E-state index in [0.717, 1.165) is 0 Å². The minimum absolute atomic E-state index is 0. The van der Waals surface area contributed by atoms with Crippen LogP contribution in [-0.4, -0.2) is 192 Å². The van der Waals surface area contributed by atoms with E-state index in [0.29, 0.717) is 36.3 Å². The normalized spacial score (nSPS) is 18.6. The third-order valence-corrected chi connectivity index (χ3v) is 10.1. The van der Waals surface area contributed by atoms with Gasteiger partial charge < -0.3 is 9.11 Å². The Balaban J connectivity index is -0.000000214. The molecule has 24 heteroatoms. The second-order valence-electron chi connectivity index (χ2n) is 14.6. The van der Waals surface area contributed by atoms with Crippen LogP contribution in [0.25, 0.3) is 0 Å². The van der Waals surface area contributed by atoms with Crippen molar-refractivity contribution in [2.24, 2.45) is 0 Å². The summed E-state index contributed by atoms with van der Waals surface area (Å²) in [5.41, 5.74) is -11.3. The van der Waals surface area contributed by atoms with Gasteiger partial charge in [0.1, 0.15) is 0 Å². The number of alkyl halides is 6. The van der Waals surface area contributed by atoms with Gasteiger partial charge in [-0.25, -0.2) is 16.8 Å². The van der Waals surface area contributed by atoms with Gasteiger partial charge in [-0.2, -0.15) is 26.3 Å². The predicted octanol–water partition coefficient (Wildman–Crippen LogP) is 4.38. The largest absolute Gasteiger partial charge is 1.00 e. The molecule has 2 N–H and O–H groups in total. The topological polar surface area (TPSA) is 174 Å².